The highest BCUT2D eigenvalue weighted by atomic mass is 31.2. The van der Waals surface area contributed by atoms with Crippen molar-refractivity contribution in [2.75, 3.05) is 26.2 Å². The molecule has 0 spiro atoms. The lowest BCUT2D eigenvalue weighted by molar-refractivity contribution is 0.101. The third-order valence-corrected chi connectivity index (χ3v) is 10.1. The monoisotopic (exact) mass is 453 g/mol. The van der Waals surface area contributed by atoms with Gasteiger partial charge in [-0.3, -0.25) is 14.1 Å². The first-order valence-electron chi connectivity index (χ1n) is 11.7. The first kappa shape index (κ1) is 24.4. The number of nitrogens with zero attached hydrogens (tertiary/aromatic N) is 5. The minimum atomic E-state index is -2.40. The van der Waals surface area contributed by atoms with E-state index >= 15 is 0 Å². The van der Waals surface area contributed by atoms with Crippen molar-refractivity contribution in [2.45, 2.75) is 48.1 Å². The summed E-state index contributed by atoms with van der Waals surface area (Å²) in [5.74, 6) is 0.0675. The normalized spacial score (nSPS) is 12.1. The summed E-state index contributed by atoms with van der Waals surface area (Å²) in [6.45, 7) is 16.9. The van der Waals surface area contributed by atoms with Crippen LogP contribution in [-0.4, -0.2) is 50.9 Å². The molecule has 0 fully saturated rings. The molecular weight excluding hydrogens is 417 g/mol. The van der Waals surface area contributed by atoms with Crippen LogP contribution in [0, 0.1) is 0 Å². The van der Waals surface area contributed by atoms with Crippen molar-refractivity contribution in [3.8, 4) is 0 Å². The van der Waals surface area contributed by atoms with Gasteiger partial charge in [0.15, 0.2) is 18.7 Å². The summed E-state index contributed by atoms with van der Waals surface area (Å²) >= 11 is 0. The molecule has 0 saturated heterocycles. The Bertz CT molecular complexity index is 1100. The molecule has 0 amide bonds. The highest BCUT2D eigenvalue weighted by Crippen LogP contribution is 2.57. The van der Waals surface area contributed by atoms with Gasteiger partial charge in [0.2, 0.25) is 0 Å². The largest absolute Gasteiger partial charge is 0.321 e. The predicted octanol–water partition coefficient (Wildman–Crippen LogP) is 5.93. The fourth-order valence-corrected chi connectivity index (χ4v) is 8.42. The molecule has 6 nitrogen and oxygen atoms in total. The Morgan fingerprint density at radius 1 is 0.906 bits per heavy atom. The molecule has 3 rings (SSSR count). The fourth-order valence-electron chi connectivity index (χ4n) is 4.37. The average Bonchev–Trinajstić information content (AvgIpc) is 3.19. The number of hydrogen-bond donors (Lipinski definition) is 0. The van der Waals surface area contributed by atoms with E-state index in [-0.39, 0.29) is 5.78 Å². The van der Waals surface area contributed by atoms with Gasteiger partial charge < -0.3 is 4.57 Å². The van der Waals surface area contributed by atoms with E-state index in [1.165, 1.54) is 0 Å². The van der Waals surface area contributed by atoms with Crippen LogP contribution in [0.25, 0.3) is 11.0 Å². The maximum atomic E-state index is 11.8. The maximum absolute atomic E-state index is 11.8. The molecule has 0 bridgehead atoms. The van der Waals surface area contributed by atoms with Crippen molar-refractivity contribution in [3.63, 3.8) is 0 Å². The lowest BCUT2D eigenvalue weighted by atomic mass is 10.1. The number of aryl methyl sites for hydroxylation is 1. The van der Waals surface area contributed by atoms with Crippen LogP contribution >= 0.6 is 7.36 Å². The van der Waals surface area contributed by atoms with E-state index in [0.29, 0.717) is 5.56 Å². The van der Waals surface area contributed by atoms with Gasteiger partial charge in [-0.25, -0.2) is 9.73 Å². The Kier molecular flexibility index (Phi) is 8.05. The molecule has 0 atom stereocenters. The molecule has 32 heavy (non-hydrogen) atoms. The quantitative estimate of drug-likeness (QED) is 0.282. The second-order valence-corrected chi connectivity index (χ2v) is 10.6. The molecular formula is C25H36N5OP. The molecule has 0 N–H and O–H groups in total. The van der Waals surface area contributed by atoms with Crippen LogP contribution in [0.3, 0.4) is 0 Å². The van der Waals surface area contributed by atoms with Crippen molar-refractivity contribution in [1.29, 1.82) is 0 Å². The van der Waals surface area contributed by atoms with Gasteiger partial charge in [-0.1, -0.05) is 39.8 Å². The first-order valence-corrected chi connectivity index (χ1v) is 13.3. The van der Waals surface area contributed by atoms with Crippen LogP contribution in [0.5, 0.6) is 0 Å². The standard InChI is InChI=1S/C25H36N5OP/c1-7-28(8-2)32(29(9-3)10-4,27-22-18-16-21(17-19-22)20(6)31)25-26-23-14-12-13-15-24(23)30(25)11-5/h12-19H,7-11H2,1-6H3. The molecule has 0 aliphatic heterocycles. The molecule has 1 aromatic heterocycles. The molecule has 0 aliphatic rings. The number of para-hydroxylation sites is 2. The molecule has 0 saturated carbocycles. The molecule has 172 valence electrons. The second-order valence-electron chi connectivity index (χ2n) is 7.69. The van der Waals surface area contributed by atoms with Crippen LogP contribution < -0.4 is 5.57 Å². The summed E-state index contributed by atoms with van der Waals surface area (Å²) in [6, 6.07) is 16.1. The molecule has 3 aromatic rings. The van der Waals surface area contributed by atoms with Gasteiger partial charge in [-0.15, -0.1) is 0 Å². The van der Waals surface area contributed by atoms with E-state index in [4.69, 9.17) is 9.73 Å². The van der Waals surface area contributed by atoms with Gasteiger partial charge in [0.1, 0.15) is 0 Å². The SMILES string of the molecule is CCN(CC)P(=Nc1ccc(C(C)=O)cc1)(c1nc2ccccc2n1CC)N(CC)CC. The van der Waals surface area contributed by atoms with Crippen molar-refractivity contribution < 1.29 is 4.79 Å². The number of rotatable bonds is 10. The minimum Gasteiger partial charge on any atom is -0.321 e. The Morgan fingerprint density at radius 2 is 1.47 bits per heavy atom. The van der Waals surface area contributed by atoms with E-state index in [1.807, 2.05) is 30.3 Å². The zero-order chi connectivity index (χ0) is 23.3. The van der Waals surface area contributed by atoms with Crippen molar-refractivity contribution in [3.05, 3.63) is 54.1 Å². The molecule has 1 heterocycles. The number of Topliss-reactive ketones (excluding diaryl/α,β-unsaturated/α-hetero) is 1. The Balaban J connectivity index is 2.43. The van der Waals surface area contributed by atoms with Gasteiger partial charge in [0.05, 0.1) is 16.7 Å². The number of carbonyl (C=O) groups excluding carboxylic acids is 1. The predicted molar refractivity (Wildman–Crippen MR) is 136 cm³/mol. The molecule has 0 aliphatic carbocycles. The minimum absolute atomic E-state index is 0.0675. The highest BCUT2D eigenvalue weighted by molar-refractivity contribution is 7.69. The molecule has 0 unspecified atom stereocenters. The lowest BCUT2D eigenvalue weighted by Gasteiger charge is -2.42. The number of hydrogen-bond acceptors (Lipinski definition) is 3. The highest BCUT2D eigenvalue weighted by Gasteiger charge is 2.38. The molecule has 2 aromatic carbocycles. The summed E-state index contributed by atoms with van der Waals surface area (Å²) in [7, 11) is -2.40. The van der Waals surface area contributed by atoms with E-state index in [1.54, 1.807) is 6.92 Å². The summed E-state index contributed by atoms with van der Waals surface area (Å²) in [4.78, 5) is 17.0. The summed E-state index contributed by atoms with van der Waals surface area (Å²) < 4.78 is 12.8. The smallest absolute Gasteiger partial charge is 0.179 e. The van der Waals surface area contributed by atoms with Crippen LogP contribution in [0.15, 0.2) is 53.3 Å². The van der Waals surface area contributed by atoms with Gasteiger partial charge in [-0.05, 0) is 50.2 Å². The maximum Gasteiger partial charge on any atom is 0.179 e. The first-order chi connectivity index (χ1) is 15.5. The van der Waals surface area contributed by atoms with Crippen molar-refractivity contribution in [1.82, 2.24) is 18.9 Å². The third-order valence-electron chi connectivity index (χ3n) is 6.00. The Labute approximate surface area is 192 Å². The summed E-state index contributed by atoms with van der Waals surface area (Å²) in [5, 5.41) is 0. The Hall–Kier alpha value is -2.27. The zero-order valence-corrected chi connectivity index (χ0v) is 21.1. The Morgan fingerprint density at radius 3 is 1.97 bits per heavy atom. The van der Waals surface area contributed by atoms with Gasteiger partial charge >= 0.3 is 0 Å². The van der Waals surface area contributed by atoms with Crippen LogP contribution in [0.4, 0.5) is 5.69 Å². The van der Waals surface area contributed by atoms with Gasteiger partial charge in [0.25, 0.3) is 0 Å². The van der Waals surface area contributed by atoms with Gasteiger partial charge in [-0.2, -0.15) is 0 Å². The van der Waals surface area contributed by atoms with Crippen molar-refractivity contribution >= 4 is 35.4 Å². The lowest BCUT2D eigenvalue weighted by Crippen LogP contribution is -2.40. The number of aromatic nitrogens is 2. The fraction of sp³-hybridized carbons (Fsp3) is 0.440. The number of imidazole rings is 1. The van der Waals surface area contributed by atoms with E-state index in [2.05, 4.69) is 66.7 Å². The number of fused-ring (bicyclic) bond motifs is 1. The van der Waals surface area contributed by atoms with Gasteiger partial charge in [0, 0.05) is 38.3 Å². The number of ketones is 1. The number of carbonyl (C=O) groups is 1. The molecule has 0 radical (unpaired) electrons. The second kappa shape index (κ2) is 10.6. The van der Waals surface area contributed by atoms with Crippen LogP contribution in [0.1, 0.15) is 51.9 Å². The summed E-state index contributed by atoms with van der Waals surface area (Å²) in [6.07, 6.45) is 0. The summed E-state index contributed by atoms with van der Waals surface area (Å²) in [5.41, 5.74) is 4.80. The van der Waals surface area contributed by atoms with Crippen LogP contribution in [-0.2, 0) is 6.54 Å². The van der Waals surface area contributed by atoms with E-state index in [0.717, 1.165) is 55.0 Å². The zero-order valence-electron chi connectivity index (χ0n) is 20.2. The average molecular weight is 454 g/mol. The van der Waals surface area contributed by atoms with E-state index in [9.17, 15) is 4.79 Å². The van der Waals surface area contributed by atoms with E-state index < -0.39 is 7.36 Å². The topological polar surface area (TPSA) is 53.7 Å². The number of benzene rings is 2. The third kappa shape index (κ3) is 4.32. The van der Waals surface area contributed by atoms with Crippen molar-refractivity contribution in [2.24, 2.45) is 4.74 Å². The van der Waals surface area contributed by atoms with Crippen LogP contribution in [0.2, 0.25) is 0 Å². The molecule has 7 heteroatoms.